The molecule has 2 rings (SSSR count). The zero-order chi connectivity index (χ0) is 14.2. The highest BCUT2D eigenvalue weighted by Crippen LogP contribution is 2.42. The van der Waals surface area contributed by atoms with E-state index in [1.54, 1.807) is 24.3 Å². The molecular weight excluding hydrogens is 275 g/mol. The molecule has 2 N–H and O–H groups in total. The molecule has 19 heavy (non-hydrogen) atoms. The van der Waals surface area contributed by atoms with Gasteiger partial charge < -0.3 is 5.73 Å². The molecule has 0 aliphatic heterocycles. The van der Waals surface area contributed by atoms with Crippen molar-refractivity contribution in [2.24, 2.45) is 0 Å². The molecule has 2 aromatic carbocycles. The molecule has 0 atom stereocenters. The van der Waals surface area contributed by atoms with Crippen LogP contribution in [0.1, 0.15) is 11.1 Å². The second-order valence-corrected chi connectivity index (χ2v) is 4.70. The van der Waals surface area contributed by atoms with Crippen molar-refractivity contribution in [2.75, 3.05) is 5.73 Å². The topological polar surface area (TPSA) is 26.0 Å². The van der Waals surface area contributed by atoms with Crippen LogP contribution in [0, 0.1) is 6.92 Å². The van der Waals surface area contributed by atoms with E-state index in [9.17, 15) is 13.2 Å². The zero-order valence-electron chi connectivity index (χ0n) is 10.1. The van der Waals surface area contributed by atoms with Crippen LogP contribution in [0.25, 0.3) is 11.1 Å². The minimum absolute atomic E-state index is 0.00354. The van der Waals surface area contributed by atoms with Gasteiger partial charge in [-0.15, -0.1) is 0 Å². The summed E-state index contributed by atoms with van der Waals surface area (Å²) in [7, 11) is 0. The highest BCUT2D eigenvalue weighted by molar-refractivity contribution is 6.33. The third kappa shape index (κ3) is 2.84. The lowest BCUT2D eigenvalue weighted by molar-refractivity contribution is -0.137. The van der Waals surface area contributed by atoms with Gasteiger partial charge in [-0.2, -0.15) is 13.2 Å². The molecule has 0 aliphatic carbocycles. The highest BCUT2D eigenvalue weighted by atomic mass is 35.5. The Morgan fingerprint density at radius 2 is 1.63 bits per heavy atom. The highest BCUT2D eigenvalue weighted by Gasteiger charge is 2.35. The lowest BCUT2D eigenvalue weighted by atomic mass is 9.97. The van der Waals surface area contributed by atoms with Crippen molar-refractivity contribution >= 4 is 17.3 Å². The first-order valence-corrected chi connectivity index (χ1v) is 5.90. The van der Waals surface area contributed by atoms with E-state index in [4.69, 9.17) is 17.3 Å². The van der Waals surface area contributed by atoms with E-state index in [1.165, 1.54) is 6.07 Å². The van der Waals surface area contributed by atoms with Gasteiger partial charge in [0, 0.05) is 11.3 Å². The van der Waals surface area contributed by atoms with Crippen molar-refractivity contribution in [3.05, 3.63) is 52.5 Å². The van der Waals surface area contributed by atoms with E-state index in [-0.39, 0.29) is 16.3 Å². The molecule has 0 aliphatic rings. The Morgan fingerprint density at radius 3 is 2.16 bits per heavy atom. The van der Waals surface area contributed by atoms with Gasteiger partial charge in [-0.25, -0.2) is 0 Å². The van der Waals surface area contributed by atoms with Crippen molar-refractivity contribution in [1.82, 2.24) is 0 Å². The van der Waals surface area contributed by atoms with Crippen molar-refractivity contribution in [3.63, 3.8) is 0 Å². The second kappa shape index (κ2) is 4.78. The quantitative estimate of drug-likeness (QED) is 0.740. The van der Waals surface area contributed by atoms with Crippen LogP contribution in [0.5, 0.6) is 0 Å². The molecule has 0 heterocycles. The predicted molar refractivity (Wildman–Crippen MR) is 71.0 cm³/mol. The number of hydrogen-bond donors (Lipinski definition) is 1. The van der Waals surface area contributed by atoms with Crippen LogP contribution in [0.2, 0.25) is 5.02 Å². The number of hydrogen-bond acceptors (Lipinski definition) is 1. The van der Waals surface area contributed by atoms with Gasteiger partial charge in [0.25, 0.3) is 0 Å². The summed E-state index contributed by atoms with van der Waals surface area (Å²) >= 11 is 5.94. The maximum absolute atomic E-state index is 13.1. The number of alkyl halides is 3. The number of nitrogen functional groups attached to an aromatic ring is 1. The summed E-state index contributed by atoms with van der Waals surface area (Å²) in [6.45, 7) is 1.86. The van der Waals surface area contributed by atoms with Crippen LogP contribution in [-0.4, -0.2) is 0 Å². The lowest BCUT2D eigenvalue weighted by Gasteiger charge is -2.15. The maximum atomic E-state index is 13.1. The monoisotopic (exact) mass is 285 g/mol. The normalized spacial score (nSPS) is 11.6. The molecule has 2 aromatic rings. The fourth-order valence-corrected chi connectivity index (χ4v) is 2.20. The molecule has 0 saturated heterocycles. The van der Waals surface area contributed by atoms with Gasteiger partial charge in [0.05, 0.1) is 10.6 Å². The predicted octanol–water partition coefficient (Wildman–Crippen LogP) is 4.92. The molecule has 5 heteroatoms. The van der Waals surface area contributed by atoms with E-state index in [0.717, 1.165) is 11.6 Å². The van der Waals surface area contributed by atoms with Gasteiger partial charge in [-0.1, -0.05) is 41.4 Å². The Labute approximate surface area is 113 Å². The number of aryl methyl sites for hydroxylation is 1. The second-order valence-electron chi connectivity index (χ2n) is 4.29. The van der Waals surface area contributed by atoms with Crippen molar-refractivity contribution in [1.29, 1.82) is 0 Å². The standard InChI is InChI=1S/C14H11ClF3N/c1-8-2-4-9(5-3-8)13-11(14(16,17)18)6-10(19)7-12(13)15/h2-7H,19H2,1H3. The van der Waals surface area contributed by atoms with E-state index in [2.05, 4.69) is 0 Å². The molecule has 0 bridgehead atoms. The first kappa shape index (κ1) is 13.7. The van der Waals surface area contributed by atoms with Gasteiger partial charge in [0.2, 0.25) is 0 Å². The van der Waals surface area contributed by atoms with Gasteiger partial charge in [0.1, 0.15) is 0 Å². The van der Waals surface area contributed by atoms with E-state index in [1.807, 2.05) is 6.92 Å². The average molecular weight is 286 g/mol. The molecule has 0 unspecified atom stereocenters. The fourth-order valence-electron chi connectivity index (χ4n) is 1.86. The fraction of sp³-hybridized carbons (Fsp3) is 0.143. The summed E-state index contributed by atoms with van der Waals surface area (Å²) in [5.41, 5.74) is 5.96. The molecule has 0 radical (unpaired) electrons. The van der Waals surface area contributed by atoms with Gasteiger partial charge in [0.15, 0.2) is 0 Å². The van der Waals surface area contributed by atoms with Crippen LogP contribution in [0.4, 0.5) is 18.9 Å². The number of nitrogens with two attached hydrogens (primary N) is 1. The summed E-state index contributed by atoms with van der Waals surface area (Å²) in [6, 6.07) is 8.93. The van der Waals surface area contributed by atoms with Gasteiger partial charge >= 0.3 is 6.18 Å². The van der Waals surface area contributed by atoms with Crippen LogP contribution in [0.3, 0.4) is 0 Å². The Kier molecular flexibility index (Phi) is 3.45. The van der Waals surface area contributed by atoms with Crippen LogP contribution >= 0.6 is 11.6 Å². The summed E-state index contributed by atoms with van der Waals surface area (Å²) in [4.78, 5) is 0. The van der Waals surface area contributed by atoms with Gasteiger partial charge in [-0.05, 0) is 24.6 Å². The molecule has 100 valence electrons. The number of halogens is 4. The van der Waals surface area contributed by atoms with Crippen molar-refractivity contribution in [3.8, 4) is 11.1 Å². The smallest absolute Gasteiger partial charge is 0.399 e. The minimum atomic E-state index is -4.50. The van der Waals surface area contributed by atoms with Crippen LogP contribution in [-0.2, 0) is 6.18 Å². The third-order valence-corrected chi connectivity index (χ3v) is 3.06. The van der Waals surface area contributed by atoms with Crippen LogP contribution in [0.15, 0.2) is 36.4 Å². The molecule has 0 aromatic heterocycles. The minimum Gasteiger partial charge on any atom is -0.399 e. The first-order valence-electron chi connectivity index (χ1n) is 5.52. The Bertz CT molecular complexity index is 603. The average Bonchev–Trinajstić information content (AvgIpc) is 2.28. The van der Waals surface area contributed by atoms with E-state index < -0.39 is 11.7 Å². The lowest BCUT2D eigenvalue weighted by Crippen LogP contribution is -2.08. The summed E-state index contributed by atoms with van der Waals surface area (Å²) in [6.07, 6.45) is -4.50. The molecule has 1 nitrogen and oxygen atoms in total. The third-order valence-electron chi connectivity index (χ3n) is 2.76. The Morgan fingerprint density at radius 1 is 1.05 bits per heavy atom. The van der Waals surface area contributed by atoms with Crippen LogP contribution < -0.4 is 5.73 Å². The van der Waals surface area contributed by atoms with Gasteiger partial charge in [-0.3, -0.25) is 0 Å². The molecule has 0 saturated carbocycles. The largest absolute Gasteiger partial charge is 0.417 e. The first-order chi connectivity index (χ1) is 8.79. The van der Waals surface area contributed by atoms with Crippen molar-refractivity contribution < 1.29 is 13.2 Å². The number of rotatable bonds is 1. The van der Waals surface area contributed by atoms with E-state index >= 15 is 0 Å². The maximum Gasteiger partial charge on any atom is 0.417 e. The Hall–Kier alpha value is -1.68. The molecule has 0 fully saturated rings. The Balaban J connectivity index is 2.71. The summed E-state index contributed by atoms with van der Waals surface area (Å²) in [5.74, 6) is 0. The molecule has 0 spiro atoms. The molecular formula is C14H11ClF3N. The number of anilines is 1. The zero-order valence-corrected chi connectivity index (χ0v) is 10.8. The SMILES string of the molecule is Cc1ccc(-c2c(Cl)cc(N)cc2C(F)(F)F)cc1. The van der Waals surface area contributed by atoms with Crippen molar-refractivity contribution in [2.45, 2.75) is 13.1 Å². The number of benzene rings is 2. The van der Waals surface area contributed by atoms with E-state index in [0.29, 0.717) is 5.56 Å². The molecule has 0 amide bonds. The summed E-state index contributed by atoms with van der Waals surface area (Å²) < 4.78 is 39.2. The summed E-state index contributed by atoms with van der Waals surface area (Å²) in [5, 5.41) is -0.00354.